The maximum atomic E-state index is 10.7. The Bertz CT molecular complexity index is 545. The number of aromatic carboxylic acids is 1. The predicted molar refractivity (Wildman–Crippen MR) is 73.4 cm³/mol. The molecule has 0 aliphatic rings. The smallest absolute Gasteiger partial charge is 0.346 e. The van der Waals surface area contributed by atoms with E-state index < -0.39 is 5.97 Å². The molecular formula is C14H14O4S. The quantitative estimate of drug-likeness (QED) is 0.824. The van der Waals surface area contributed by atoms with E-state index in [0.717, 1.165) is 17.1 Å². The molecule has 0 aliphatic carbocycles. The zero-order valence-electron chi connectivity index (χ0n) is 10.5. The molecule has 4 nitrogen and oxygen atoms in total. The molecular weight excluding hydrogens is 264 g/mol. The molecule has 0 amide bonds. The third-order valence-electron chi connectivity index (χ3n) is 2.43. The largest absolute Gasteiger partial charge is 0.490 e. The standard InChI is InChI=1S/C14H14O4S/c1-10-2-4-11(5-3-10)17-6-7-18-12-8-13(14(15)16)19-9-12/h2-5,8-9H,6-7H2,1H3,(H,15,16). The van der Waals surface area contributed by atoms with Crippen LogP contribution in [0.2, 0.25) is 0 Å². The molecule has 100 valence electrons. The topological polar surface area (TPSA) is 55.8 Å². The van der Waals surface area contributed by atoms with Crippen molar-refractivity contribution in [3.63, 3.8) is 0 Å². The number of carboxylic acids is 1. The van der Waals surface area contributed by atoms with E-state index in [0.29, 0.717) is 19.0 Å². The van der Waals surface area contributed by atoms with Gasteiger partial charge in [-0.25, -0.2) is 4.79 Å². The summed E-state index contributed by atoms with van der Waals surface area (Å²) >= 11 is 1.15. The number of rotatable bonds is 6. The summed E-state index contributed by atoms with van der Waals surface area (Å²) in [6, 6.07) is 9.28. The Hall–Kier alpha value is -2.01. The van der Waals surface area contributed by atoms with Gasteiger partial charge in [-0.05, 0) is 19.1 Å². The van der Waals surface area contributed by atoms with Gasteiger partial charge in [0, 0.05) is 11.4 Å². The number of ether oxygens (including phenoxy) is 2. The molecule has 0 aliphatic heterocycles. The van der Waals surface area contributed by atoms with Crippen molar-refractivity contribution >= 4 is 17.3 Å². The average molecular weight is 278 g/mol. The minimum Gasteiger partial charge on any atom is -0.490 e. The van der Waals surface area contributed by atoms with E-state index in [9.17, 15) is 4.79 Å². The summed E-state index contributed by atoms with van der Waals surface area (Å²) in [4.78, 5) is 11.0. The van der Waals surface area contributed by atoms with Crippen LogP contribution in [0.25, 0.3) is 0 Å². The summed E-state index contributed by atoms with van der Waals surface area (Å²) in [6.07, 6.45) is 0. The van der Waals surface area contributed by atoms with E-state index in [4.69, 9.17) is 14.6 Å². The van der Waals surface area contributed by atoms with Crippen molar-refractivity contribution in [2.45, 2.75) is 6.92 Å². The number of carbonyl (C=O) groups is 1. The highest BCUT2D eigenvalue weighted by atomic mass is 32.1. The lowest BCUT2D eigenvalue weighted by atomic mass is 10.2. The van der Waals surface area contributed by atoms with E-state index in [1.165, 1.54) is 11.6 Å². The van der Waals surface area contributed by atoms with Gasteiger partial charge in [-0.3, -0.25) is 0 Å². The molecule has 0 atom stereocenters. The number of hydrogen-bond donors (Lipinski definition) is 1. The Morgan fingerprint density at radius 3 is 2.37 bits per heavy atom. The summed E-state index contributed by atoms with van der Waals surface area (Å²) in [5, 5.41) is 10.4. The predicted octanol–water partition coefficient (Wildman–Crippen LogP) is 3.21. The van der Waals surface area contributed by atoms with Crippen LogP contribution in [0.5, 0.6) is 11.5 Å². The lowest BCUT2D eigenvalue weighted by Crippen LogP contribution is -2.08. The summed E-state index contributed by atoms with van der Waals surface area (Å²) in [5.74, 6) is 0.427. The van der Waals surface area contributed by atoms with Crippen molar-refractivity contribution in [1.82, 2.24) is 0 Å². The van der Waals surface area contributed by atoms with Crippen LogP contribution in [-0.4, -0.2) is 24.3 Å². The Kier molecular flexibility index (Phi) is 4.41. The molecule has 19 heavy (non-hydrogen) atoms. The molecule has 0 spiro atoms. The molecule has 0 bridgehead atoms. The van der Waals surface area contributed by atoms with Crippen LogP contribution in [0.15, 0.2) is 35.7 Å². The maximum Gasteiger partial charge on any atom is 0.346 e. The van der Waals surface area contributed by atoms with Gasteiger partial charge < -0.3 is 14.6 Å². The zero-order chi connectivity index (χ0) is 13.7. The summed E-state index contributed by atoms with van der Waals surface area (Å²) in [5.41, 5.74) is 1.18. The molecule has 1 N–H and O–H groups in total. The highest BCUT2D eigenvalue weighted by Gasteiger charge is 2.07. The van der Waals surface area contributed by atoms with E-state index in [1.54, 1.807) is 5.38 Å². The number of hydrogen-bond acceptors (Lipinski definition) is 4. The van der Waals surface area contributed by atoms with Gasteiger partial charge >= 0.3 is 5.97 Å². The van der Waals surface area contributed by atoms with Gasteiger partial charge in [0.2, 0.25) is 0 Å². The first-order chi connectivity index (χ1) is 9.15. The molecule has 0 fully saturated rings. The van der Waals surface area contributed by atoms with Gasteiger partial charge in [0.15, 0.2) is 0 Å². The average Bonchev–Trinajstić information content (AvgIpc) is 2.86. The van der Waals surface area contributed by atoms with Crippen molar-refractivity contribution in [3.05, 3.63) is 46.2 Å². The SMILES string of the molecule is Cc1ccc(OCCOc2csc(C(=O)O)c2)cc1. The van der Waals surface area contributed by atoms with E-state index in [2.05, 4.69) is 0 Å². The highest BCUT2D eigenvalue weighted by molar-refractivity contribution is 7.12. The Morgan fingerprint density at radius 2 is 1.79 bits per heavy atom. The fourth-order valence-electron chi connectivity index (χ4n) is 1.46. The van der Waals surface area contributed by atoms with Crippen LogP contribution in [0.1, 0.15) is 15.2 Å². The number of thiophene rings is 1. The van der Waals surface area contributed by atoms with Gasteiger partial charge in [-0.1, -0.05) is 17.7 Å². The van der Waals surface area contributed by atoms with Gasteiger partial charge in [-0.2, -0.15) is 0 Å². The minimum absolute atomic E-state index is 0.273. The number of benzene rings is 1. The van der Waals surface area contributed by atoms with Crippen molar-refractivity contribution in [1.29, 1.82) is 0 Å². The van der Waals surface area contributed by atoms with Crippen LogP contribution in [0.3, 0.4) is 0 Å². The molecule has 0 saturated heterocycles. The first-order valence-electron chi connectivity index (χ1n) is 5.79. The molecule has 2 aromatic rings. The molecule has 5 heteroatoms. The summed E-state index contributed by atoms with van der Waals surface area (Å²) < 4.78 is 10.9. The third-order valence-corrected chi connectivity index (χ3v) is 3.32. The molecule has 0 radical (unpaired) electrons. The lowest BCUT2D eigenvalue weighted by molar-refractivity contribution is 0.0702. The van der Waals surface area contributed by atoms with Crippen LogP contribution in [-0.2, 0) is 0 Å². The summed E-state index contributed by atoms with van der Waals surface area (Å²) in [6.45, 7) is 2.81. The minimum atomic E-state index is -0.934. The van der Waals surface area contributed by atoms with Crippen LogP contribution in [0.4, 0.5) is 0 Å². The Balaban J connectivity index is 1.74. The monoisotopic (exact) mass is 278 g/mol. The van der Waals surface area contributed by atoms with E-state index >= 15 is 0 Å². The van der Waals surface area contributed by atoms with Crippen LogP contribution in [0, 0.1) is 6.92 Å². The fraction of sp³-hybridized carbons (Fsp3) is 0.214. The third kappa shape index (κ3) is 3.99. The summed E-state index contributed by atoms with van der Waals surface area (Å²) in [7, 11) is 0. The van der Waals surface area contributed by atoms with Crippen LogP contribution >= 0.6 is 11.3 Å². The Labute approximate surface area is 115 Å². The normalized spacial score (nSPS) is 10.2. The van der Waals surface area contributed by atoms with Crippen molar-refractivity contribution in [2.75, 3.05) is 13.2 Å². The number of carboxylic acid groups (broad SMARTS) is 1. The molecule has 1 aromatic carbocycles. The van der Waals surface area contributed by atoms with Gasteiger partial charge in [0.05, 0.1) is 0 Å². The second-order valence-corrected chi connectivity index (χ2v) is 4.87. The molecule has 1 aromatic heterocycles. The van der Waals surface area contributed by atoms with Crippen molar-refractivity contribution in [3.8, 4) is 11.5 Å². The van der Waals surface area contributed by atoms with Gasteiger partial charge in [0.25, 0.3) is 0 Å². The van der Waals surface area contributed by atoms with Crippen molar-refractivity contribution < 1.29 is 19.4 Å². The first-order valence-corrected chi connectivity index (χ1v) is 6.67. The second-order valence-electron chi connectivity index (χ2n) is 3.96. The van der Waals surface area contributed by atoms with Crippen molar-refractivity contribution in [2.24, 2.45) is 0 Å². The zero-order valence-corrected chi connectivity index (χ0v) is 11.3. The second kappa shape index (κ2) is 6.24. The molecule has 0 unspecified atom stereocenters. The molecule has 0 saturated carbocycles. The van der Waals surface area contributed by atoms with Crippen LogP contribution < -0.4 is 9.47 Å². The number of aryl methyl sites for hydroxylation is 1. The van der Waals surface area contributed by atoms with E-state index in [1.807, 2.05) is 31.2 Å². The first kappa shape index (κ1) is 13.4. The highest BCUT2D eigenvalue weighted by Crippen LogP contribution is 2.21. The van der Waals surface area contributed by atoms with Gasteiger partial charge in [-0.15, -0.1) is 11.3 Å². The maximum absolute atomic E-state index is 10.7. The lowest BCUT2D eigenvalue weighted by Gasteiger charge is -2.07. The molecule has 2 rings (SSSR count). The Morgan fingerprint density at radius 1 is 1.16 bits per heavy atom. The fourth-order valence-corrected chi connectivity index (χ4v) is 2.12. The molecule has 1 heterocycles. The van der Waals surface area contributed by atoms with Gasteiger partial charge in [0.1, 0.15) is 29.6 Å². The van der Waals surface area contributed by atoms with E-state index in [-0.39, 0.29) is 4.88 Å².